The first kappa shape index (κ1) is 22.4. The molecule has 6 rings (SSSR count). The van der Waals surface area contributed by atoms with Gasteiger partial charge in [0.25, 0.3) is 0 Å². The highest BCUT2D eigenvalue weighted by Crippen LogP contribution is 2.36. The molecule has 8 heteroatoms. The van der Waals surface area contributed by atoms with Crippen LogP contribution in [0.1, 0.15) is 5.56 Å². The van der Waals surface area contributed by atoms with Gasteiger partial charge in [-0.2, -0.15) is 16.8 Å². The standard InChI is InChI=1S/C29H12F4N4/c1-13-4-3-5-14(8-13)15-6-7-16-17-10-21-18(11-20(17)28(37-35-2)19(16)9-15)22-23(29(21)36-12-34)25(31)27(33)26(32)24(22)30/h3-11H,1H3/b36-29?,37-28+. The fraction of sp³-hybridized carbons (Fsp3) is 0.0345. The molecule has 0 aliphatic heterocycles. The van der Waals surface area contributed by atoms with E-state index in [1.165, 1.54) is 12.3 Å². The minimum Gasteiger partial charge on any atom is -0.203 e. The Morgan fingerprint density at radius 2 is 1.35 bits per heavy atom. The van der Waals surface area contributed by atoms with Crippen LogP contribution in [0.4, 0.5) is 17.6 Å². The highest BCUT2D eigenvalue weighted by Gasteiger charge is 2.26. The molecule has 6 aromatic rings. The van der Waals surface area contributed by atoms with Gasteiger partial charge in [-0.1, -0.05) is 42.0 Å². The number of nitrogens with zero attached hydrogens (tertiary/aromatic N) is 4. The van der Waals surface area contributed by atoms with Crippen molar-refractivity contribution in [1.29, 1.82) is 5.26 Å². The number of hydrogen-bond donors (Lipinski definition) is 0. The molecule has 37 heavy (non-hydrogen) atoms. The lowest BCUT2D eigenvalue weighted by atomic mass is 10.0. The zero-order chi connectivity index (χ0) is 26.0. The van der Waals surface area contributed by atoms with Crippen LogP contribution in [0.3, 0.4) is 0 Å². The maximum Gasteiger partial charge on any atom is 0.206 e. The van der Waals surface area contributed by atoms with E-state index in [9.17, 15) is 22.8 Å². The van der Waals surface area contributed by atoms with Gasteiger partial charge in [0.05, 0.1) is 15.8 Å². The number of hydrogen-bond acceptors (Lipinski definition) is 3. The molecule has 6 aromatic carbocycles. The summed E-state index contributed by atoms with van der Waals surface area (Å²) in [6.45, 7) is 9.33. The van der Waals surface area contributed by atoms with E-state index in [0.717, 1.165) is 16.7 Å². The maximum absolute atomic E-state index is 15.0. The fourth-order valence-electron chi connectivity index (χ4n) is 5.11. The van der Waals surface area contributed by atoms with Crippen molar-refractivity contribution in [3.63, 3.8) is 0 Å². The minimum atomic E-state index is -1.98. The number of nitriles is 1. The second-order valence-electron chi connectivity index (χ2n) is 8.69. The van der Waals surface area contributed by atoms with Crippen molar-refractivity contribution in [2.24, 2.45) is 10.1 Å². The molecule has 0 aliphatic rings. The molecule has 0 bridgehead atoms. The summed E-state index contributed by atoms with van der Waals surface area (Å²) in [6.07, 6.45) is 1.54. The van der Waals surface area contributed by atoms with Gasteiger partial charge in [0.1, 0.15) is 0 Å². The number of aryl methyl sites for hydroxylation is 1. The summed E-state index contributed by atoms with van der Waals surface area (Å²) in [5, 5.41) is 14.7. The summed E-state index contributed by atoms with van der Waals surface area (Å²) in [6, 6.07) is 16.6. The Morgan fingerprint density at radius 3 is 2.05 bits per heavy atom. The summed E-state index contributed by atoms with van der Waals surface area (Å²) < 4.78 is 58.1. The molecule has 0 N–H and O–H groups in total. The first-order valence-corrected chi connectivity index (χ1v) is 11.0. The largest absolute Gasteiger partial charge is 0.206 e. The first-order valence-electron chi connectivity index (χ1n) is 11.0. The third kappa shape index (κ3) is 3.06. The Balaban J connectivity index is 1.83. The van der Waals surface area contributed by atoms with Gasteiger partial charge in [-0.25, -0.2) is 17.6 Å². The molecule has 0 spiro atoms. The molecule has 0 fully saturated rings. The molecule has 0 saturated carbocycles. The van der Waals surface area contributed by atoms with E-state index in [1.807, 2.05) is 49.4 Å². The van der Waals surface area contributed by atoms with E-state index >= 15 is 0 Å². The van der Waals surface area contributed by atoms with Gasteiger partial charge in [0.2, 0.25) is 6.19 Å². The second-order valence-corrected chi connectivity index (χ2v) is 8.69. The maximum atomic E-state index is 15.0. The summed E-state index contributed by atoms with van der Waals surface area (Å²) in [4.78, 5) is 6.82. The number of fused-ring (bicyclic) bond motifs is 6. The highest BCUT2D eigenvalue weighted by molar-refractivity contribution is 6.21. The van der Waals surface area contributed by atoms with Crippen LogP contribution < -0.4 is 10.7 Å². The van der Waals surface area contributed by atoms with E-state index in [1.54, 1.807) is 6.07 Å². The van der Waals surface area contributed by atoms with Crippen LogP contribution in [0.5, 0.6) is 0 Å². The van der Waals surface area contributed by atoms with Crippen molar-refractivity contribution in [2.75, 3.05) is 0 Å². The van der Waals surface area contributed by atoms with Crippen molar-refractivity contribution in [3.8, 4) is 17.3 Å². The van der Waals surface area contributed by atoms with Crippen molar-refractivity contribution in [1.82, 2.24) is 0 Å². The predicted octanol–water partition coefficient (Wildman–Crippen LogP) is 6.82. The molecule has 4 nitrogen and oxygen atoms in total. The lowest BCUT2D eigenvalue weighted by Gasteiger charge is -2.03. The van der Waals surface area contributed by atoms with Crippen LogP contribution in [-0.2, 0) is 0 Å². The Kier molecular flexibility index (Phi) is 4.82. The lowest BCUT2D eigenvalue weighted by Crippen LogP contribution is -2.04. The smallest absolute Gasteiger partial charge is 0.203 e. The SMILES string of the molecule is [C-]#[N+]/N=c1\c2cc(-c3cccc(C)c3)ccc2c2cc3c(=NC#N)c4c(F)c(F)c(F)c(F)c4c3cc12. The average molecular weight is 492 g/mol. The number of benzene rings is 4. The van der Waals surface area contributed by atoms with Gasteiger partial charge in [-0.3, -0.25) is 0 Å². The van der Waals surface area contributed by atoms with Gasteiger partial charge >= 0.3 is 0 Å². The average Bonchev–Trinajstić information content (AvgIpc) is 3.37. The van der Waals surface area contributed by atoms with Gasteiger partial charge in [0, 0.05) is 21.5 Å². The second kappa shape index (κ2) is 7.97. The molecule has 0 radical (unpaired) electrons. The Labute approximate surface area is 206 Å². The lowest BCUT2D eigenvalue weighted by molar-refractivity contribution is 0.418. The van der Waals surface area contributed by atoms with Gasteiger partial charge < -0.3 is 0 Å². The molecule has 0 amide bonds. The topological polar surface area (TPSA) is 52.9 Å². The van der Waals surface area contributed by atoms with Gasteiger partial charge in [-0.05, 0) is 52.4 Å². The summed E-state index contributed by atoms with van der Waals surface area (Å²) in [5.41, 5.74) is 2.94. The van der Waals surface area contributed by atoms with Gasteiger partial charge in [0.15, 0.2) is 28.6 Å². The van der Waals surface area contributed by atoms with E-state index in [2.05, 4.69) is 15.0 Å². The Bertz CT molecular complexity index is 2170. The molecular weight excluding hydrogens is 480 g/mol. The highest BCUT2D eigenvalue weighted by atomic mass is 19.2. The number of halogens is 4. The first-order chi connectivity index (χ1) is 17.8. The Morgan fingerprint density at radius 1 is 0.703 bits per heavy atom. The van der Waals surface area contributed by atoms with Crippen LogP contribution >= 0.6 is 0 Å². The Hall–Kier alpha value is -5.08. The van der Waals surface area contributed by atoms with E-state index in [-0.39, 0.29) is 16.1 Å². The molecular formula is C29H12F4N4. The zero-order valence-corrected chi connectivity index (χ0v) is 19.0. The monoisotopic (exact) mass is 492 g/mol. The van der Waals surface area contributed by atoms with Gasteiger partial charge in [-0.15, -0.1) is 4.95 Å². The van der Waals surface area contributed by atoms with Crippen LogP contribution in [-0.4, -0.2) is 0 Å². The van der Waals surface area contributed by atoms with E-state index < -0.39 is 34.0 Å². The van der Waals surface area contributed by atoms with Crippen LogP contribution in [0, 0.1) is 48.2 Å². The third-order valence-electron chi connectivity index (χ3n) is 6.67. The van der Waals surface area contributed by atoms with Crippen molar-refractivity contribution in [3.05, 3.63) is 106 Å². The van der Waals surface area contributed by atoms with E-state index in [0.29, 0.717) is 26.9 Å². The van der Waals surface area contributed by atoms with Crippen LogP contribution in [0.2, 0.25) is 0 Å². The van der Waals surface area contributed by atoms with E-state index in [4.69, 9.17) is 6.57 Å². The molecule has 0 aliphatic carbocycles. The zero-order valence-electron chi connectivity index (χ0n) is 19.0. The summed E-state index contributed by atoms with van der Waals surface area (Å²) in [7, 11) is 0. The summed E-state index contributed by atoms with van der Waals surface area (Å²) >= 11 is 0. The van der Waals surface area contributed by atoms with Crippen LogP contribution in [0.15, 0.2) is 64.7 Å². The molecule has 0 unspecified atom stereocenters. The molecule has 0 heterocycles. The summed E-state index contributed by atoms with van der Waals surface area (Å²) in [5.74, 6) is -7.15. The molecule has 176 valence electrons. The normalized spacial score (nSPS) is 12.7. The quantitative estimate of drug-likeness (QED) is 0.0620. The predicted molar refractivity (Wildman–Crippen MR) is 132 cm³/mol. The van der Waals surface area contributed by atoms with Crippen molar-refractivity contribution in [2.45, 2.75) is 6.92 Å². The van der Waals surface area contributed by atoms with Crippen molar-refractivity contribution < 1.29 is 17.6 Å². The third-order valence-corrected chi connectivity index (χ3v) is 6.67. The molecule has 0 atom stereocenters. The minimum absolute atomic E-state index is 0.0300. The number of rotatable bonds is 1. The van der Waals surface area contributed by atoms with Crippen molar-refractivity contribution >= 4 is 43.1 Å². The van der Waals surface area contributed by atoms with Crippen LogP contribution in [0.25, 0.3) is 59.2 Å². The molecule has 0 aromatic heterocycles. The fourth-order valence-corrected chi connectivity index (χ4v) is 5.11. The molecule has 0 saturated heterocycles.